The van der Waals surface area contributed by atoms with Crippen LogP contribution in [0.5, 0.6) is 11.6 Å². The lowest BCUT2D eigenvalue weighted by Gasteiger charge is -2.19. The minimum atomic E-state index is -0.844. The maximum atomic E-state index is 12.5. The number of fused-ring (bicyclic) bond motifs is 1. The van der Waals surface area contributed by atoms with Crippen molar-refractivity contribution < 1.29 is 28.7 Å². The maximum Gasteiger partial charge on any atom is 0.414 e. The van der Waals surface area contributed by atoms with Gasteiger partial charge in [0.1, 0.15) is 18.8 Å². The monoisotopic (exact) mass is 520 g/mol. The molecule has 0 aliphatic heterocycles. The number of anilines is 1. The van der Waals surface area contributed by atoms with Crippen molar-refractivity contribution in [1.29, 1.82) is 0 Å². The molecule has 0 bridgehead atoms. The molecule has 1 N–H and O–H groups in total. The molecule has 0 aliphatic carbocycles. The SMILES string of the molecule is CC(C)(C)OC(=O)Cn1cnc2c(Oc3ccccc3[N+](=O)[O-])nc(NC(=O)OCc3ccccc3)nc21. The van der Waals surface area contributed by atoms with Crippen LogP contribution in [0, 0.1) is 10.1 Å². The molecular weight excluding hydrogens is 496 g/mol. The van der Waals surface area contributed by atoms with Gasteiger partial charge in [0.05, 0.1) is 11.3 Å². The number of imidazole rings is 1. The quantitative estimate of drug-likeness (QED) is 0.197. The van der Waals surface area contributed by atoms with Crippen molar-refractivity contribution in [2.45, 2.75) is 39.5 Å². The summed E-state index contributed by atoms with van der Waals surface area (Å²) in [6.07, 6.45) is 0.482. The predicted octanol–water partition coefficient (Wildman–Crippen LogP) is 4.62. The summed E-state index contributed by atoms with van der Waals surface area (Å²) in [7, 11) is 0. The summed E-state index contributed by atoms with van der Waals surface area (Å²) in [5.41, 5.74) is -0.00937. The first-order valence-corrected chi connectivity index (χ1v) is 11.4. The van der Waals surface area contributed by atoms with Crippen LogP contribution in [-0.4, -0.2) is 42.1 Å². The molecule has 38 heavy (non-hydrogen) atoms. The third kappa shape index (κ3) is 6.57. The number of aromatic nitrogens is 4. The summed E-state index contributed by atoms with van der Waals surface area (Å²) in [6, 6.07) is 14.8. The second kappa shape index (κ2) is 10.9. The van der Waals surface area contributed by atoms with Crippen LogP contribution in [0.2, 0.25) is 0 Å². The number of benzene rings is 2. The van der Waals surface area contributed by atoms with Gasteiger partial charge in [-0.1, -0.05) is 42.5 Å². The molecule has 0 saturated carbocycles. The van der Waals surface area contributed by atoms with Crippen molar-refractivity contribution in [2.24, 2.45) is 0 Å². The van der Waals surface area contributed by atoms with Gasteiger partial charge in [0, 0.05) is 6.07 Å². The Bertz CT molecular complexity index is 1480. The largest absolute Gasteiger partial charge is 0.459 e. The van der Waals surface area contributed by atoms with Crippen molar-refractivity contribution in [3.63, 3.8) is 0 Å². The van der Waals surface area contributed by atoms with E-state index in [1.54, 1.807) is 39.0 Å². The second-order valence-corrected chi connectivity index (χ2v) is 9.00. The van der Waals surface area contributed by atoms with Crippen LogP contribution in [-0.2, 0) is 27.4 Å². The van der Waals surface area contributed by atoms with Crippen molar-refractivity contribution in [2.75, 3.05) is 5.32 Å². The van der Waals surface area contributed by atoms with Crippen LogP contribution in [0.15, 0.2) is 60.9 Å². The third-order valence-electron chi connectivity index (χ3n) is 4.85. The second-order valence-electron chi connectivity index (χ2n) is 9.00. The number of hydrogen-bond acceptors (Lipinski definition) is 10. The van der Waals surface area contributed by atoms with Crippen molar-refractivity contribution in [3.05, 3.63) is 76.6 Å². The van der Waals surface area contributed by atoms with E-state index >= 15 is 0 Å². The molecule has 0 spiro atoms. The molecule has 13 nitrogen and oxygen atoms in total. The van der Waals surface area contributed by atoms with Gasteiger partial charge in [-0.05, 0) is 32.4 Å². The number of para-hydroxylation sites is 2. The summed E-state index contributed by atoms with van der Waals surface area (Å²) in [5, 5.41) is 13.9. The molecule has 0 fully saturated rings. The Balaban J connectivity index is 1.66. The lowest BCUT2D eigenvalue weighted by molar-refractivity contribution is -0.385. The maximum absolute atomic E-state index is 12.5. The standard InChI is InChI=1S/C25H24N6O7/c1-25(2,3)38-19(32)13-30-15-26-20-21(30)27-23(29-24(33)36-14-16-9-5-4-6-10-16)28-22(20)37-18-12-8-7-11-17(18)31(34)35/h4-12,15H,13-14H2,1-3H3,(H,27,28,29,33). The molecule has 196 valence electrons. The highest BCUT2D eigenvalue weighted by Crippen LogP contribution is 2.33. The third-order valence-corrected chi connectivity index (χ3v) is 4.85. The number of carbonyl (C=O) groups excluding carboxylic acids is 2. The molecule has 0 radical (unpaired) electrons. The molecule has 2 aromatic heterocycles. The minimum Gasteiger partial charge on any atom is -0.459 e. The van der Waals surface area contributed by atoms with E-state index in [1.807, 2.05) is 18.2 Å². The molecule has 0 unspecified atom stereocenters. The molecule has 0 saturated heterocycles. The van der Waals surface area contributed by atoms with Crippen LogP contribution in [0.3, 0.4) is 0 Å². The summed E-state index contributed by atoms with van der Waals surface area (Å²) >= 11 is 0. The first kappa shape index (κ1) is 26.0. The molecule has 4 aromatic rings. The number of carbonyl (C=O) groups is 2. The summed E-state index contributed by atoms with van der Waals surface area (Å²) in [4.78, 5) is 48.5. The van der Waals surface area contributed by atoms with Gasteiger partial charge in [0.25, 0.3) is 5.88 Å². The Morgan fingerprint density at radius 3 is 2.47 bits per heavy atom. The van der Waals surface area contributed by atoms with Crippen LogP contribution >= 0.6 is 0 Å². The minimum absolute atomic E-state index is 0.00502. The molecule has 0 aliphatic rings. The van der Waals surface area contributed by atoms with Gasteiger partial charge in [-0.25, -0.2) is 9.78 Å². The Hall–Kier alpha value is -5.07. The molecule has 2 heterocycles. The van der Waals surface area contributed by atoms with Gasteiger partial charge in [-0.2, -0.15) is 9.97 Å². The first-order chi connectivity index (χ1) is 18.1. The number of esters is 1. The van der Waals surface area contributed by atoms with Crippen molar-refractivity contribution >= 4 is 34.9 Å². The van der Waals surface area contributed by atoms with E-state index in [0.29, 0.717) is 0 Å². The topological polar surface area (TPSA) is 161 Å². The lowest BCUT2D eigenvalue weighted by Crippen LogP contribution is -2.26. The van der Waals surface area contributed by atoms with E-state index in [0.717, 1.165) is 5.56 Å². The zero-order valence-corrected chi connectivity index (χ0v) is 20.8. The number of hydrogen-bond donors (Lipinski definition) is 1. The molecule has 2 aromatic carbocycles. The Morgan fingerprint density at radius 1 is 1.05 bits per heavy atom. The lowest BCUT2D eigenvalue weighted by atomic mass is 10.2. The van der Waals surface area contributed by atoms with Gasteiger partial charge in [-0.15, -0.1) is 0 Å². The number of amides is 1. The van der Waals surface area contributed by atoms with Crippen LogP contribution in [0.4, 0.5) is 16.4 Å². The van der Waals surface area contributed by atoms with E-state index in [1.165, 1.54) is 29.1 Å². The van der Waals surface area contributed by atoms with Gasteiger partial charge >= 0.3 is 17.7 Å². The predicted molar refractivity (Wildman–Crippen MR) is 135 cm³/mol. The molecular formula is C25H24N6O7. The van der Waals surface area contributed by atoms with Crippen LogP contribution in [0.25, 0.3) is 11.2 Å². The van der Waals surface area contributed by atoms with Crippen LogP contribution < -0.4 is 10.1 Å². The molecule has 0 atom stereocenters. The number of nitro groups is 1. The summed E-state index contributed by atoms with van der Waals surface area (Å²) in [6.45, 7) is 4.97. The Labute approximate surface area is 216 Å². The van der Waals surface area contributed by atoms with Gasteiger partial charge < -0.3 is 18.8 Å². The average molecular weight is 521 g/mol. The smallest absolute Gasteiger partial charge is 0.414 e. The Kier molecular flexibility index (Phi) is 7.46. The van der Waals surface area contributed by atoms with Gasteiger partial charge in [-0.3, -0.25) is 20.2 Å². The van der Waals surface area contributed by atoms with E-state index in [-0.39, 0.29) is 47.6 Å². The number of ether oxygens (including phenoxy) is 3. The summed E-state index contributed by atoms with van der Waals surface area (Å²) in [5.74, 6) is -1.05. The number of nitrogens with zero attached hydrogens (tertiary/aromatic N) is 5. The normalized spacial score (nSPS) is 11.1. The highest BCUT2D eigenvalue weighted by atomic mass is 16.6. The number of rotatable bonds is 8. The van der Waals surface area contributed by atoms with Gasteiger partial charge in [0.15, 0.2) is 11.2 Å². The zero-order valence-electron chi connectivity index (χ0n) is 20.8. The van der Waals surface area contributed by atoms with E-state index in [4.69, 9.17) is 14.2 Å². The highest BCUT2D eigenvalue weighted by molar-refractivity contribution is 5.86. The fraction of sp³-hybridized carbons (Fsp3) is 0.240. The zero-order chi connectivity index (χ0) is 27.3. The van der Waals surface area contributed by atoms with Crippen LogP contribution in [0.1, 0.15) is 26.3 Å². The van der Waals surface area contributed by atoms with Gasteiger partial charge in [0.2, 0.25) is 11.7 Å². The number of nitro benzene ring substituents is 1. The molecule has 4 rings (SSSR count). The molecule has 1 amide bonds. The fourth-order valence-electron chi connectivity index (χ4n) is 3.32. The van der Waals surface area contributed by atoms with E-state index < -0.39 is 22.6 Å². The Morgan fingerprint density at radius 2 is 1.76 bits per heavy atom. The molecule has 13 heteroatoms. The highest BCUT2D eigenvalue weighted by Gasteiger charge is 2.23. The number of nitrogens with one attached hydrogen (secondary N) is 1. The average Bonchev–Trinajstić information content (AvgIpc) is 3.25. The fourth-order valence-corrected chi connectivity index (χ4v) is 3.32. The van der Waals surface area contributed by atoms with Crippen molar-refractivity contribution in [1.82, 2.24) is 19.5 Å². The summed E-state index contributed by atoms with van der Waals surface area (Å²) < 4.78 is 17.7. The van der Waals surface area contributed by atoms with E-state index in [2.05, 4.69) is 20.3 Å². The van der Waals surface area contributed by atoms with Crippen molar-refractivity contribution in [3.8, 4) is 11.6 Å². The van der Waals surface area contributed by atoms with E-state index in [9.17, 15) is 19.7 Å². The first-order valence-electron chi connectivity index (χ1n) is 11.4.